The molecular weight excluding hydrogens is 573 g/mol. The van der Waals surface area contributed by atoms with E-state index in [1.54, 1.807) is 37.3 Å². The van der Waals surface area contributed by atoms with Crippen LogP contribution in [0.5, 0.6) is 5.75 Å². The molecule has 0 heterocycles. The third-order valence-electron chi connectivity index (χ3n) is 6.08. The minimum absolute atomic E-state index is 0.0121. The zero-order chi connectivity index (χ0) is 28.6. The van der Waals surface area contributed by atoms with E-state index < -0.39 is 16.1 Å². The number of nitrogens with one attached hydrogen (secondary N) is 1. The molecule has 2 atom stereocenters. The van der Waals surface area contributed by atoms with Gasteiger partial charge in [0.15, 0.2) is 0 Å². The van der Waals surface area contributed by atoms with E-state index >= 15 is 0 Å². The molecule has 0 bridgehead atoms. The molecule has 0 saturated carbocycles. The average molecular weight is 607 g/mol. The number of nitrogens with zero attached hydrogens (tertiary/aromatic N) is 2. The molecule has 2 amide bonds. The number of rotatable bonds is 13. The highest BCUT2D eigenvalue weighted by Gasteiger charge is 2.27. The second kappa shape index (κ2) is 14.3. The molecule has 12 heteroatoms. The van der Waals surface area contributed by atoms with E-state index in [-0.39, 0.29) is 48.8 Å². The van der Waals surface area contributed by atoms with Crippen molar-refractivity contribution in [3.63, 3.8) is 0 Å². The highest BCUT2D eigenvalue weighted by atomic mass is 35.5. The van der Waals surface area contributed by atoms with Crippen LogP contribution in [0.25, 0.3) is 0 Å². The van der Waals surface area contributed by atoms with Crippen LogP contribution in [-0.4, -0.2) is 57.1 Å². The lowest BCUT2D eigenvalue weighted by molar-refractivity contribution is -0.140. The molecule has 0 aromatic heterocycles. The van der Waals surface area contributed by atoms with Crippen molar-refractivity contribution in [2.75, 3.05) is 24.2 Å². The fourth-order valence-electron chi connectivity index (χ4n) is 3.70. The number of sulfonamides is 1. The zero-order valence-corrected chi connectivity index (χ0v) is 25.2. The van der Waals surface area contributed by atoms with Gasteiger partial charge in [-0.2, -0.15) is 0 Å². The largest absolute Gasteiger partial charge is 0.495 e. The van der Waals surface area contributed by atoms with Crippen LogP contribution in [0.3, 0.4) is 0 Å². The molecule has 8 nitrogen and oxygen atoms in total. The van der Waals surface area contributed by atoms with Gasteiger partial charge in [0.1, 0.15) is 11.8 Å². The number of benzene rings is 2. The summed E-state index contributed by atoms with van der Waals surface area (Å²) >= 11 is 18.4. The third-order valence-corrected chi connectivity index (χ3v) is 8.31. The Morgan fingerprint density at radius 3 is 2.26 bits per heavy atom. The molecule has 38 heavy (non-hydrogen) atoms. The van der Waals surface area contributed by atoms with Crippen LogP contribution in [-0.2, 0) is 26.2 Å². The molecule has 210 valence electrons. The van der Waals surface area contributed by atoms with Gasteiger partial charge in [-0.1, -0.05) is 47.8 Å². The number of halogens is 3. The second-order valence-electron chi connectivity index (χ2n) is 9.02. The van der Waals surface area contributed by atoms with Crippen LogP contribution >= 0.6 is 34.8 Å². The van der Waals surface area contributed by atoms with Crippen LogP contribution in [0.4, 0.5) is 5.69 Å². The predicted molar refractivity (Wildman–Crippen MR) is 154 cm³/mol. The molecule has 2 aromatic rings. The third kappa shape index (κ3) is 8.93. The summed E-state index contributed by atoms with van der Waals surface area (Å²) in [6.45, 7) is 5.68. The van der Waals surface area contributed by atoms with E-state index in [1.807, 2.05) is 13.8 Å². The van der Waals surface area contributed by atoms with Gasteiger partial charge < -0.3 is 15.0 Å². The highest BCUT2D eigenvalue weighted by molar-refractivity contribution is 7.92. The van der Waals surface area contributed by atoms with E-state index in [0.29, 0.717) is 27.0 Å². The first-order chi connectivity index (χ1) is 17.8. The Morgan fingerprint density at radius 2 is 1.71 bits per heavy atom. The number of methoxy groups -OCH3 is 1. The molecule has 0 spiro atoms. The standard InChI is InChI=1S/C26H34Cl3N3O5S/c1-6-17(2)30-26(34)18(3)31(16-19-9-11-21(27)22(28)14-19)25(33)8-7-13-32(38(5,35)36)20-10-12-24(37-4)23(29)15-20/h9-12,14-15,17-18H,6-8,13,16H2,1-5H3,(H,30,34)/t17-,18-/m1/s1. The number of hydrogen-bond donors (Lipinski definition) is 1. The number of hydrogen-bond acceptors (Lipinski definition) is 5. The number of ether oxygens (including phenoxy) is 1. The van der Waals surface area contributed by atoms with Gasteiger partial charge in [-0.25, -0.2) is 8.42 Å². The van der Waals surface area contributed by atoms with Crippen molar-refractivity contribution in [2.45, 2.75) is 58.7 Å². The smallest absolute Gasteiger partial charge is 0.242 e. The number of amides is 2. The van der Waals surface area contributed by atoms with Gasteiger partial charge in [-0.3, -0.25) is 13.9 Å². The van der Waals surface area contributed by atoms with Crippen molar-refractivity contribution in [3.05, 3.63) is 57.0 Å². The summed E-state index contributed by atoms with van der Waals surface area (Å²) in [6.07, 6.45) is 2.06. The maximum Gasteiger partial charge on any atom is 0.242 e. The van der Waals surface area contributed by atoms with Crippen LogP contribution < -0.4 is 14.4 Å². The summed E-state index contributed by atoms with van der Waals surface area (Å²) in [7, 11) is -2.19. The van der Waals surface area contributed by atoms with Crippen molar-refractivity contribution < 1.29 is 22.7 Å². The van der Waals surface area contributed by atoms with E-state index in [0.717, 1.165) is 12.7 Å². The highest BCUT2D eigenvalue weighted by Crippen LogP contribution is 2.30. The molecule has 0 aliphatic carbocycles. The Bertz CT molecular complexity index is 1240. The molecule has 0 aliphatic heterocycles. The van der Waals surface area contributed by atoms with Gasteiger partial charge in [-0.15, -0.1) is 0 Å². The first-order valence-electron chi connectivity index (χ1n) is 12.1. The lowest BCUT2D eigenvalue weighted by Crippen LogP contribution is -2.49. The van der Waals surface area contributed by atoms with E-state index in [1.165, 1.54) is 22.4 Å². The molecule has 0 saturated heterocycles. The lowest BCUT2D eigenvalue weighted by Gasteiger charge is -2.30. The Hall–Kier alpha value is -2.20. The van der Waals surface area contributed by atoms with Crippen molar-refractivity contribution in [1.29, 1.82) is 0 Å². The average Bonchev–Trinajstić information content (AvgIpc) is 2.85. The van der Waals surface area contributed by atoms with Gasteiger partial charge in [0.05, 0.1) is 34.1 Å². The van der Waals surface area contributed by atoms with Gasteiger partial charge in [0, 0.05) is 25.6 Å². The van der Waals surface area contributed by atoms with Crippen molar-refractivity contribution in [2.24, 2.45) is 0 Å². The summed E-state index contributed by atoms with van der Waals surface area (Å²) in [4.78, 5) is 27.7. The molecule has 0 aliphatic rings. The van der Waals surface area contributed by atoms with E-state index in [4.69, 9.17) is 39.5 Å². The normalized spacial score (nSPS) is 12.9. The Balaban J connectivity index is 2.22. The van der Waals surface area contributed by atoms with Crippen LogP contribution in [0.15, 0.2) is 36.4 Å². The van der Waals surface area contributed by atoms with Gasteiger partial charge in [-0.05, 0) is 62.6 Å². The number of anilines is 1. The molecule has 2 aromatic carbocycles. The van der Waals surface area contributed by atoms with Crippen LogP contribution in [0.2, 0.25) is 15.1 Å². The van der Waals surface area contributed by atoms with Gasteiger partial charge in [0.2, 0.25) is 21.8 Å². The first-order valence-corrected chi connectivity index (χ1v) is 15.1. The first kappa shape index (κ1) is 32.0. The number of carbonyl (C=O) groups excluding carboxylic acids is 2. The van der Waals surface area contributed by atoms with Crippen molar-refractivity contribution in [3.8, 4) is 5.75 Å². The summed E-state index contributed by atoms with van der Waals surface area (Å²) in [5.74, 6) is -0.163. The minimum Gasteiger partial charge on any atom is -0.495 e. The van der Waals surface area contributed by atoms with Gasteiger partial charge >= 0.3 is 0 Å². The van der Waals surface area contributed by atoms with Crippen molar-refractivity contribution >= 4 is 62.3 Å². The molecule has 2 rings (SSSR count). The van der Waals surface area contributed by atoms with E-state index in [9.17, 15) is 18.0 Å². The predicted octanol–water partition coefficient (Wildman–Crippen LogP) is 5.53. The van der Waals surface area contributed by atoms with Gasteiger partial charge in [0.25, 0.3) is 0 Å². The summed E-state index contributed by atoms with van der Waals surface area (Å²) < 4.78 is 31.4. The van der Waals surface area contributed by atoms with Crippen molar-refractivity contribution in [1.82, 2.24) is 10.2 Å². The van der Waals surface area contributed by atoms with Crippen LogP contribution in [0.1, 0.15) is 45.6 Å². The Kier molecular flexibility index (Phi) is 12.0. The molecule has 1 N–H and O–H groups in total. The van der Waals surface area contributed by atoms with Crippen LogP contribution in [0, 0.1) is 0 Å². The lowest BCUT2D eigenvalue weighted by atomic mass is 10.1. The van der Waals surface area contributed by atoms with E-state index in [2.05, 4.69) is 5.32 Å². The quantitative estimate of drug-likeness (QED) is 0.323. The maximum atomic E-state index is 13.4. The fourth-order valence-corrected chi connectivity index (χ4v) is 5.23. The topological polar surface area (TPSA) is 96.0 Å². The number of carbonyl (C=O) groups is 2. The fraction of sp³-hybridized carbons (Fsp3) is 0.462. The zero-order valence-electron chi connectivity index (χ0n) is 22.1. The summed E-state index contributed by atoms with van der Waals surface area (Å²) in [5, 5.41) is 3.91. The minimum atomic E-state index is -3.66. The Labute approximate surface area is 240 Å². The molecule has 0 radical (unpaired) electrons. The SMILES string of the molecule is CC[C@@H](C)NC(=O)[C@@H](C)N(Cc1ccc(Cl)c(Cl)c1)C(=O)CCCN(c1ccc(OC)c(Cl)c1)S(C)(=O)=O. The summed E-state index contributed by atoms with van der Waals surface area (Å²) in [6, 6.07) is 8.89. The maximum absolute atomic E-state index is 13.4. The molecule has 0 unspecified atom stereocenters. The summed E-state index contributed by atoms with van der Waals surface area (Å²) in [5.41, 5.74) is 1.07. The monoisotopic (exact) mass is 605 g/mol. The molecule has 0 fully saturated rings. The Morgan fingerprint density at radius 1 is 1.03 bits per heavy atom. The molecular formula is C26H34Cl3N3O5S. The second-order valence-corrected chi connectivity index (χ2v) is 12.1.